The number of halogens is 1. The molecule has 8 heteroatoms. The number of hydrogen-bond donors (Lipinski definition) is 0. The smallest absolute Gasteiger partial charge is 0.661 e. The molecule has 1 aliphatic rings. The molecule has 0 bridgehead atoms. The molecule has 1 aliphatic heterocycles. The van der Waals surface area contributed by atoms with E-state index < -0.39 is 20.7 Å². The van der Waals surface area contributed by atoms with Crippen LogP contribution in [0.5, 0.6) is 0 Å². The Morgan fingerprint density at radius 3 is 2.23 bits per heavy atom. The summed E-state index contributed by atoms with van der Waals surface area (Å²) in [7, 11) is -1.60. The van der Waals surface area contributed by atoms with Gasteiger partial charge in [0.25, 0.3) is 0 Å². The molecule has 1 atom stereocenters. The van der Waals surface area contributed by atoms with Crippen molar-refractivity contribution in [3.05, 3.63) is 173 Å². The summed E-state index contributed by atoms with van der Waals surface area (Å²) in [4.78, 5) is 11.7. The van der Waals surface area contributed by atoms with Crippen molar-refractivity contribution >= 4 is 62.0 Å². The Bertz CT molecular complexity index is 2970. The Hall–Kier alpha value is -4.98. The third-order valence-corrected chi connectivity index (χ3v) is 14.1. The summed E-state index contributed by atoms with van der Waals surface area (Å²) >= 11 is 1.78. The summed E-state index contributed by atoms with van der Waals surface area (Å²) in [6.07, 6.45) is 4.98. The average molecular weight is 1020 g/mol. The minimum Gasteiger partial charge on any atom is -0.661 e. The van der Waals surface area contributed by atoms with E-state index in [2.05, 4.69) is 186 Å². The molecule has 9 rings (SSSR count). The van der Waals surface area contributed by atoms with Gasteiger partial charge >= 0.3 is 20.1 Å². The Balaban J connectivity index is 0.000000206. The molecule has 4 heterocycles. The molecule has 61 heavy (non-hydrogen) atoms. The molecule has 0 N–H and O–H groups in total. The van der Waals surface area contributed by atoms with E-state index in [9.17, 15) is 4.39 Å². The van der Waals surface area contributed by atoms with Crippen LogP contribution >= 0.6 is 11.3 Å². The van der Waals surface area contributed by atoms with E-state index in [0.29, 0.717) is 5.69 Å². The maximum absolute atomic E-state index is 14.5. The van der Waals surface area contributed by atoms with Crippen molar-refractivity contribution in [3.8, 4) is 22.4 Å². The minimum atomic E-state index is -2.35. The Morgan fingerprint density at radius 2 is 1.52 bits per heavy atom. The predicted octanol–water partition coefficient (Wildman–Crippen LogP) is 14.9. The molecular formula is C53H52FIrN4SSi. The van der Waals surface area contributed by atoms with E-state index in [-0.39, 0.29) is 48.2 Å². The fraction of sp³-hybridized carbons (Fsp3) is 0.245. The molecule has 0 fully saturated rings. The van der Waals surface area contributed by atoms with E-state index in [4.69, 9.17) is 14.4 Å². The van der Waals surface area contributed by atoms with E-state index >= 15 is 0 Å². The van der Waals surface area contributed by atoms with Crippen LogP contribution in [0.2, 0.25) is 19.6 Å². The number of benzene rings is 5. The van der Waals surface area contributed by atoms with Crippen molar-refractivity contribution in [1.82, 2.24) is 9.97 Å². The number of thiophene rings is 1. The molecule has 5 aromatic carbocycles. The topological polar surface area (TPSA) is 43.1 Å². The minimum absolute atomic E-state index is 0. The first-order chi connectivity index (χ1) is 29.7. The Kier molecular flexibility index (Phi) is 11.2. The molecular weight excluding hydrogens is 964 g/mol. The molecule has 0 amide bonds. The van der Waals surface area contributed by atoms with Gasteiger partial charge in [0.05, 0.1) is 8.07 Å². The zero-order chi connectivity index (χ0) is 45.1. The summed E-state index contributed by atoms with van der Waals surface area (Å²) < 4.78 is 39.1. The van der Waals surface area contributed by atoms with Crippen LogP contribution < -0.4 is 10.1 Å². The second kappa shape index (κ2) is 17.1. The molecule has 0 saturated carbocycles. The van der Waals surface area contributed by atoms with Crippen LogP contribution in [0.4, 0.5) is 21.5 Å². The summed E-state index contributed by atoms with van der Waals surface area (Å²) in [5.74, 6) is -0.610. The first kappa shape index (κ1) is 40.1. The van der Waals surface area contributed by atoms with Crippen LogP contribution in [-0.2, 0) is 30.9 Å². The summed E-state index contributed by atoms with van der Waals surface area (Å²) in [6.45, 7) is 17.6. The van der Waals surface area contributed by atoms with Gasteiger partial charge in [-0.05, 0) is 79.7 Å². The standard InChI is InChI=1S/C34H27N3S.C19H25FNSi.Ir/c1-34(2,3)24-17-18-28(26(20-24)22-11-5-4-6-12-22)37-29-15-9-8-14-27(29)36-33(37)23-19-31-32(35-21-23)25-13-7-10-16-30(25)38-31;1-13-8-9-14(16(20)10-13)17-11-15(19(2,3)4)18(12-21-17)22(5,6)7;/h4-20,33H,1-3H3;8,10-12H,1-7H3;/q-2;-1;+3/i;1D3;. The van der Waals surface area contributed by atoms with Crippen molar-refractivity contribution in [1.29, 1.82) is 0 Å². The van der Waals surface area contributed by atoms with Crippen molar-refractivity contribution < 1.29 is 28.6 Å². The van der Waals surface area contributed by atoms with Gasteiger partial charge in [0, 0.05) is 37.8 Å². The van der Waals surface area contributed by atoms with Gasteiger partial charge in [0.1, 0.15) is 0 Å². The maximum atomic E-state index is 14.5. The second-order valence-corrected chi connectivity index (χ2v) is 24.7. The van der Waals surface area contributed by atoms with Gasteiger partial charge in [-0.1, -0.05) is 163 Å². The van der Waals surface area contributed by atoms with Crippen molar-refractivity contribution in [2.45, 2.75) is 85.0 Å². The number of pyridine rings is 2. The molecule has 1 unspecified atom stereocenters. The fourth-order valence-electron chi connectivity index (χ4n) is 7.80. The zero-order valence-corrected chi connectivity index (χ0v) is 40.3. The van der Waals surface area contributed by atoms with Gasteiger partial charge in [-0.2, -0.15) is 11.3 Å². The first-order valence-corrected chi connectivity index (χ1v) is 24.7. The van der Waals surface area contributed by atoms with Crippen molar-refractivity contribution in [2.75, 3.05) is 4.90 Å². The van der Waals surface area contributed by atoms with Gasteiger partial charge < -0.3 is 20.2 Å². The first-order valence-electron chi connectivity index (χ1n) is 21.9. The summed E-state index contributed by atoms with van der Waals surface area (Å²) in [6, 6.07) is 43.7. The number of hydrogen-bond acceptors (Lipinski definition) is 4. The predicted molar refractivity (Wildman–Crippen MR) is 256 cm³/mol. The largest absolute Gasteiger partial charge is 3.00 e. The molecule has 0 spiro atoms. The zero-order valence-electron chi connectivity index (χ0n) is 39.1. The van der Waals surface area contributed by atoms with E-state index in [0.717, 1.165) is 44.5 Å². The van der Waals surface area contributed by atoms with Gasteiger partial charge in [0.2, 0.25) is 0 Å². The van der Waals surface area contributed by atoms with Crippen LogP contribution in [0.25, 0.3) is 48.0 Å². The third-order valence-electron chi connectivity index (χ3n) is 11.0. The van der Waals surface area contributed by atoms with Crippen LogP contribution in [0.1, 0.15) is 74.1 Å². The molecule has 0 aliphatic carbocycles. The van der Waals surface area contributed by atoms with Gasteiger partial charge in [-0.25, -0.2) is 0 Å². The Labute approximate surface area is 383 Å². The number of para-hydroxylation sites is 2. The van der Waals surface area contributed by atoms with Crippen molar-refractivity contribution in [2.24, 2.45) is 0 Å². The third kappa shape index (κ3) is 9.01. The molecule has 0 saturated heterocycles. The van der Waals surface area contributed by atoms with Gasteiger partial charge in [0.15, 0.2) is 0 Å². The normalized spacial score (nSPS) is 14.9. The molecule has 4 nitrogen and oxygen atoms in total. The number of aromatic nitrogens is 2. The molecule has 310 valence electrons. The average Bonchev–Trinajstić information content (AvgIpc) is 3.81. The monoisotopic (exact) mass is 1020 g/mol. The number of fused-ring (bicyclic) bond motifs is 4. The van der Waals surface area contributed by atoms with E-state index in [1.165, 1.54) is 38.0 Å². The quantitative estimate of drug-likeness (QED) is 0.127. The van der Waals surface area contributed by atoms with Crippen LogP contribution in [0, 0.1) is 24.9 Å². The number of anilines is 2. The van der Waals surface area contributed by atoms with Crippen molar-refractivity contribution in [3.63, 3.8) is 0 Å². The Morgan fingerprint density at radius 1 is 0.803 bits per heavy atom. The molecule has 0 radical (unpaired) electrons. The molecule has 8 aromatic rings. The van der Waals surface area contributed by atoms with Gasteiger partial charge in [-0.15, -0.1) is 41.1 Å². The van der Waals surface area contributed by atoms with Gasteiger partial charge in [-0.3, -0.25) is 4.39 Å². The maximum Gasteiger partial charge on any atom is 3.00 e. The van der Waals surface area contributed by atoms with E-state index in [1.807, 2.05) is 12.3 Å². The van der Waals surface area contributed by atoms with E-state index in [1.54, 1.807) is 11.3 Å². The second-order valence-electron chi connectivity index (χ2n) is 18.6. The van der Waals surface area contributed by atoms with Crippen LogP contribution in [-0.4, -0.2) is 18.0 Å². The number of rotatable bonds is 5. The van der Waals surface area contributed by atoms with Crippen LogP contribution in [0.3, 0.4) is 0 Å². The SMILES string of the molecule is CC(C)(C)c1ccc(N2c3ccccc3[N-]C2c2[c-]nc3c(c2)sc2ccccc23)c(-c2ccccc2)c1.[2H]C([2H])([2H])c1c[c-]c(-c2cc(C(C)(C)C)c([Si](C)(C)C)cn2)c(F)c1.[Ir+3]. The molecule has 3 aromatic heterocycles. The number of nitrogens with zero attached hydrogens (tertiary/aromatic N) is 4. The van der Waals surface area contributed by atoms with Crippen LogP contribution in [0.15, 0.2) is 128 Å². The summed E-state index contributed by atoms with van der Waals surface area (Å²) in [5, 5.41) is 7.64. The summed E-state index contributed by atoms with van der Waals surface area (Å²) in [5.41, 5.74) is 10.6. The fourth-order valence-corrected chi connectivity index (χ4v) is 10.6. The number of aryl methyl sites for hydroxylation is 1.